The van der Waals surface area contributed by atoms with Crippen molar-refractivity contribution in [3.8, 4) is 0 Å². The van der Waals surface area contributed by atoms with Gasteiger partial charge in [0.05, 0.1) is 6.04 Å². The Morgan fingerprint density at radius 3 is 2.84 bits per heavy atom. The number of fused-ring (bicyclic) bond motifs is 3. The molecule has 0 aliphatic carbocycles. The fourth-order valence-electron chi connectivity index (χ4n) is 4.17. The molecule has 0 spiro atoms. The van der Waals surface area contributed by atoms with Gasteiger partial charge in [0.2, 0.25) is 5.91 Å². The number of carbonyl (C=O) groups excluding carboxylic acids is 1. The van der Waals surface area contributed by atoms with Crippen LogP contribution in [0.2, 0.25) is 0 Å². The van der Waals surface area contributed by atoms with E-state index in [0.29, 0.717) is 6.04 Å². The molecule has 0 fully saturated rings. The minimum absolute atomic E-state index is 0.191. The van der Waals surface area contributed by atoms with Gasteiger partial charge in [-0.1, -0.05) is 25.1 Å². The van der Waals surface area contributed by atoms with Crippen LogP contribution in [-0.2, 0) is 18.3 Å². The third-order valence-corrected chi connectivity index (χ3v) is 5.72. The minimum Gasteiger partial charge on any atom is -0.346 e. The lowest BCUT2D eigenvalue weighted by atomic mass is 9.94. The molecule has 3 rings (SSSR count). The van der Waals surface area contributed by atoms with Gasteiger partial charge < -0.3 is 14.8 Å². The van der Waals surface area contributed by atoms with Crippen LogP contribution < -0.4 is 5.32 Å². The third kappa shape index (κ3) is 3.45. The summed E-state index contributed by atoms with van der Waals surface area (Å²) in [4.78, 5) is 14.3. The standard InChI is InChI=1S/C21H31N3O/c1-5-15(2)22-13-8-11-20-21-18(12-14-24(20)16(3)25)17-9-6-7-10-19(17)23(21)4/h6-7,9-10,15,20,22H,5,8,11-14H2,1-4H3. The minimum atomic E-state index is 0.191. The summed E-state index contributed by atoms with van der Waals surface area (Å²) < 4.78 is 2.31. The van der Waals surface area contributed by atoms with Crippen molar-refractivity contribution in [3.05, 3.63) is 35.5 Å². The van der Waals surface area contributed by atoms with Crippen molar-refractivity contribution in [2.45, 2.75) is 58.5 Å². The zero-order chi connectivity index (χ0) is 18.0. The summed E-state index contributed by atoms with van der Waals surface area (Å²) in [5.41, 5.74) is 4.06. The number of aryl methyl sites for hydroxylation is 1. The van der Waals surface area contributed by atoms with E-state index in [1.807, 2.05) is 0 Å². The number of nitrogens with one attached hydrogen (secondary N) is 1. The highest BCUT2D eigenvalue weighted by Crippen LogP contribution is 2.38. The number of hydrogen-bond acceptors (Lipinski definition) is 2. The van der Waals surface area contributed by atoms with Gasteiger partial charge in [0.15, 0.2) is 0 Å². The van der Waals surface area contributed by atoms with Gasteiger partial charge in [0, 0.05) is 43.2 Å². The van der Waals surface area contributed by atoms with Gasteiger partial charge in [-0.15, -0.1) is 0 Å². The van der Waals surface area contributed by atoms with Gasteiger partial charge in [-0.2, -0.15) is 0 Å². The second kappa shape index (κ2) is 7.61. The molecule has 2 unspecified atom stereocenters. The molecule has 0 saturated carbocycles. The number of aromatic nitrogens is 1. The van der Waals surface area contributed by atoms with Crippen molar-refractivity contribution in [3.63, 3.8) is 0 Å². The van der Waals surface area contributed by atoms with Crippen LogP contribution in [0.4, 0.5) is 0 Å². The number of amides is 1. The van der Waals surface area contributed by atoms with Crippen LogP contribution in [0.15, 0.2) is 24.3 Å². The zero-order valence-corrected chi connectivity index (χ0v) is 16.0. The molecule has 1 N–H and O–H groups in total. The number of benzene rings is 1. The molecular weight excluding hydrogens is 310 g/mol. The van der Waals surface area contributed by atoms with Gasteiger partial charge in [-0.3, -0.25) is 4.79 Å². The summed E-state index contributed by atoms with van der Waals surface area (Å²) in [6.45, 7) is 7.98. The monoisotopic (exact) mass is 341 g/mol. The maximum atomic E-state index is 12.2. The summed E-state index contributed by atoms with van der Waals surface area (Å²) in [6.07, 6.45) is 4.20. The molecule has 4 heteroatoms. The van der Waals surface area contributed by atoms with Crippen LogP contribution in [0.25, 0.3) is 10.9 Å². The Labute approximate surface area is 151 Å². The summed E-state index contributed by atoms with van der Waals surface area (Å²) in [6, 6.07) is 9.37. The molecule has 1 aromatic carbocycles. The first-order chi connectivity index (χ1) is 12.0. The van der Waals surface area contributed by atoms with Crippen molar-refractivity contribution in [1.29, 1.82) is 0 Å². The van der Waals surface area contributed by atoms with E-state index in [4.69, 9.17) is 0 Å². The Balaban J connectivity index is 1.87. The van der Waals surface area contributed by atoms with Crippen LogP contribution in [0.5, 0.6) is 0 Å². The predicted molar refractivity (Wildman–Crippen MR) is 104 cm³/mol. The maximum absolute atomic E-state index is 12.2. The van der Waals surface area contributed by atoms with E-state index in [-0.39, 0.29) is 11.9 Å². The number of hydrogen-bond donors (Lipinski definition) is 1. The smallest absolute Gasteiger partial charge is 0.220 e. The molecule has 1 aromatic heterocycles. The van der Waals surface area contributed by atoms with Crippen LogP contribution in [0.1, 0.15) is 57.3 Å². The van der Waals surface area contributed by atoms with E-state index >= 15 is 0 Å². The number of nitrogens with zero attached hydrogens (tertiary/aromatic N) is 2. The molecule has 1 aliphatic heterocycles. The van der Waals surface area contributed by atoms with Crippen molar-refractivity contribution in [2.75, 3.05) is 13.1 Å². The first-order valence-electron chi connectivity index (χ1n) is 9.61. The molecule has 4 nitrogen and oxygen atoms in total. The van der Waals surface area contributed by atoms with Crippen molar-refractivity contribution in [1.82, 2.24) is 14.8 Å². The third-order valence-electron chi connectivity index (χ3n) is 5.72. The fourth-order valence-corrected chi connectivity index (χ4v) is 4.17. The molecule has 0 bridgehead atoms. The van der Waals surface area contributed by atoms with E-state index in [9.17, 15) is 4.79 Å². The second-order valence-electron chi connectivity index (χ2n) is 7.32. The highest BCUT2D eigenvalue weighted by molar-refractivity contribution is 5.86. The van der Waals surface area contributed by atoms with E-state index in [2.05, 4.69) is 59.9 Å². The van der Waals surface area contributed by atoms with Crippen LogP contribution in [0, 0.1) is 0 Å². The summed E-state index contributed by atoms with van der Waals surface area (Å²) >= 11 is 0. The van der Waals surface area contributed by atoms with E-state index < -0.39 is 0 Å². The maximum Gasteiger partial charge on any atom is 0.220 e. The van der Waals surface area contributed by atoms with Crippen molar-refractivity contribution >= 4 is 16.8 Å². The Bertz CT molecular complexity index is 749. The van der Waals surface area contributed by atoms with Gasteiger partial charge in [-0.05, 0) is 50.8 Å². The topological polar surface area (TPSA) is 37.3 Å². The van der Waals surface area contributed by atoms with Crippen molar-refractivity contribution in [2.24, 2.45) is 7.05 Å². The van der Waals surface area contributed by atoms with Crippen LogP contribution >= 0.6 is 0 Å². The molecule has 2 aromatic rings. The number of para-hydroxylation sites is 1. The Morgan fingerprint density at radius 2 is 2.12 bits per heavy atom. The van der Waals surface area contributed by atoms with Crippen LogP contribution in [-0.4, -0.2) is 34.5 Å². The zero-order valence-electron chi connectivity index (χ0n) is 16.0. The average Bonchev–Trinajstić information content (AvgIpc) is 2.91. The summed E-state index contributed by atoms with van der Waals surface area (Å²) in [5, 5.41) is 4.92. The SMILES string of the molecule is CCC(C)NCCCC1c2c(c3ccccc3n2C)CCN1C(C)=O. The first-order valence-corrected chi connectivity index (χ1v) is 9.61. The second-order valence-corrected chi connectivity index (χ2v) is 7.32. The van der Waals surface area contributed by atoms with Crippen molar-refractivity contribution < 1.29 is 4.79 Å². The highest BCUT2D eigenvalue weighted by atomic mass is 16.2. The van der Waals surface area contributed by atoms with Gasteiger partial charge in [0.1, 0.15) is 0 Å². The predicted octanol–water partition coefficient (Wildman–Crippen LogP) is 3.79. The summed E-state index contributed by atoms with van der Waals surface area (Å²) in [7, 11) is 2.15. The average molecular weight is 341 g/mol. The molecule has 0 radical (unpaired) electrons. The molecular formula is C21H31N3O. The normalized spacial score (nSPS) is 18.4. The Morgan fingerprint density at radius 1 is 1.36 bits per heavy atom. The van der Waals surface area contributed by atoms with Gasteiger partial charge in [-0.25, -0.2) is 0 Å². The highest BCUT2D eigenvalue weighted by Gasteiger charge is 2.32. The first kappa shape index (κ1) is 18.0. The molecule has 2 atom stereocenters. The number of rotatable bonds is 6. The lowest BCUT2D eigenvalue weighted by Gasteiger charge is -2.36. The molecule has 25 heavy (non-hydrogen) atoms. The lowest BCUT2D eigenvalue weighted by Crippen LogP contribution is -2.40. The van der Waals surface area contributed by atoms with Gasteiger partial charge >= 0.3 is 0 Å². The fraction of sp³-hybridized carbons (Fsp3) is 0.571. The van der Waals surface area contributed by atoms with Gasteiger partial charge in [0.25, 0.3) is 0 Å². The van der Waals surface area contributed by atoms with E-state index in [0.717, 1.165) is 38.8 Å². The Kier molecular flexibility index (Phi) is 5.48. The van der Waals surface area contributed by atoms with E-state index in [1.165, 1.54) is 22.2 Å². The summed E-state index contributed by atoms with van der Waals surface area (Å²) in [5.74, 6) is 0.191. The van der Waals surface area contributed by atoms with Crippen LogP contribution in [0.3, 0.4) is 0 Å². The number of carbonyl (C=O) groups is 1. The molecule has 136 valence electrons. The Hall–Kier alpha value is -1.81. The molecule has 1 amide bonds. The van der Waals surface area contributed by atoms with E-state index in [1.54, 1.807) is 6.92 Å². The lowest BCUT2D eigenvalue weighted by molar-refractivity contribution is -0.132. The largest absolute Gasteiger partial charge is 0.346 e. The quantitative estimate of drug-likeness (QED) is 0.812. The molecule has 2 heterocycles. The molecule has 1 aliphatic rings. The molecule has 0 saturated heterocycles.